The van der Waals surface area contributed by atoms with Crippen LogP contribution in [0.4, 0.5) is 0 Å². The second kappa shape index (κ2) is 3.75. The molecule has 0 spiro atoms. The number of methoxy groups -OCH3 is 2. The van der Waals surface area contributed by atoms with E-state index in [9.17, 15) is 4.79 Å². The Morgan fingerprint density at radius 2 is 2.08 bits per heavy atom. The van der Waals surface area contributed by atoms with Crippen LogP contribution in [0.1, 0.15) is 10.5 Å². The number of aromatic nitrogens is 1. The highest BCUT2D eigenvalue weighted by Gasteiger charge is 2.07. The Labute approximate surface area is 75.5 Å². The van der Waals surface area contributed by atoms with E-state index in [0.29, 0.717) is 11.6 Å². The minimum absolute atomic E-state index is 0.121. The van der Waals surface area contributed by atoms with Gasteiger partial charge < -0.3 is 15.2 Å². The number of nitrogens with zero attached hydrogens (tertiary/aromatic N) is 1. The van der Waals surface area contributed by atoms with Crippen molar-refractivity contribution in [2.45, 2.75) is 0 Å². The van der Waals surface area contributed by atoms with Crippen molar-refractivity contribution in [3.05, 3.63) is 17.8 Å². The maximum absolute atomic E-state index is 10.8. The van der Waals surface area contributed by atoms with Gasteiger partial charge in [-0.1, -0.05) is 0 Å². The fourth-order valence-corrected chi connectivity index (χ4v) is 0.830. The first kappa shape index (κ1) is 9.31. The lowest BCUT2D eigenvalue weighted by Crippen LogP contribution is -2.13. The molecule has 1 aromatic rings. The molecule has 0 bridgehead atoms. The van der Waals surface area contributed by atoms with Crippen molar-refractivity contribution in [2.75, 3.05) is 14.2 Å². The SMILES string of the molecule is COc1cc(OC)nc(C(N)=O)c1. The fourth-order valence-electron chi connectivity index (χ4n) is 0.830. The van der Waals surface area contributed by atoms with Crippen LogP contribution in [0.3, 0.4) is 0 Å². The van der Waals surface area contributed by atoms with Crippen molar-refractivity contribution in [2.24, 2.45) is 5.73 Å². The zero-order valence-corrected chi connectivity index (χ0v) is 7.40. The summed E-state index contributed by atoms with van der Waals surface area (Å²) in [6, 6.07) is 3.01. The molecule has 13 heavy (non-hydrogen) atoms. The minimum atomic E-state index is -0.614. The molecule has 0 fully saturated rings. The molecule has 1 aromatic heterocycles. The van der Waals surface area contributed by atoms with Gasteiger partial charge in [0.05, 0.1) is 14.2 Å². The largest absolute Gasteiger partial charge is 0.496 e. The van der Waals surface area contributed by atoms with Crippen molar-refractivity contribution >= 4 is 5.91 Å². The summed E-state index contributed by atoms with van der Waals surface area (Å²) in [4.78, 5) is 14.6. The third kappa shape index (κ3) is 2.08. The van der Waals surface area contributed by atoms with Crippen LogP contribution in [0, 0.1) is 0 Å². The predicted molar refractivity (Wildman–Crippen MR) is 45.9 cm³/mol. The molecule has 0 saturated carbocycles. The van der Waals surface area contributed by atoms with E-state index in [4.69, 9.17) is 15.2 Å². The third-order valence-electron chi connectivity index (χ3n) is 1.47. The molecular weight excluding hydrogens is 172 g/mol. The van der Waals surface area contributed by atoms with Gasteiger partial charge >= 0.3 is 0 Å². The smallest absolute Gasteiger partial charge is 0.267 e. The summed E-state index contributed by atoms with van der Waals surface area (Å²) in [5.41, 5.74) is 5.17. The number of carbonyl (C=O) groups is 1. The van der Waals surface area contributed by atoms with E-state index in [0.717, 1.165) is 0 Å². The molecule has 0 aliphatic carbocycles. The van der Waals surface area contributed by atoms with Gasteiger partial charge in [0, 0.05) is 12.1 Å². The molecular formula is C8H10N2O3. The van der Waals surface area contributed by atoms with Crippen LogP contribution in [-0.2, 0) is 0 Å². The van der Waals surface area contributed by atoms with Crippen LogP contribution in [0.2, 0.25) is 0 Å². The first-order valence-electron chi connectivity index (χ1n) is 3.57. The minimum Gasteiger partial charge on any atom is -0.496 e. The molecule has 2 N–H and O–H groups in total. The first-order chi connectivity index (χ1) is 6.17. The van der Waals surface area contributed by atoms with Gasteiger partial charge in [0.15, 0.2) is 0 Å². The Hall–Kier alpha value is -1.78. The Morgan fingerprint density at radius 3 is 2.54 bits per heavy atom. The highest BCUT2D eigenvalue weighted by Crippen LogP contribution is 2.18. The number of hydrogen-bond acceptors (Lipinski definition) is 4. The van der Waals surface area contributed by atoms with Crippen molar-refractivity contribution in [3.63, 3.8) is 0 Å². The number of nitrogens with two attached hydrogens (primary N) is 1. The van der Waals surface area contributed by atoms with Gasteiger partial charge in [-0.2, -0.15) is 0 Å². The van der Waals surface area contributed by atoms with E-state index >= 15 is 0 Å². The van der Waals surface area contributed by atoms with E-state index < -0.39 is 5.91 Å². The number of primary amides is 1. The second-order valence-corrected chi connectivity index (χ2v) is 2.30. The second-order valence-electron chi connectivity index (χ2n) is 2.30. The van der Waals surface area contributed by atoms with Crippen molar-refractivity contribution < 1.29 is 14.3 Å². The molecule has 0 aliphatic rings. The molecule has 0 atom stereocenters. The van der Waals surface area contributed by atoms with Gasteiger partial charge in [0.25, 0.3) is 5.91 Å². The quantitative estimate of drug-likeness (QED) is 0.724. The van der Waals surface area contributed by atoms with E-state index in [1.54, 1.807) is 6.07 Å². The first-order valence-corrected chi connectivity index (χ1v) is 3.57. The standard InChI is InChI=1S/C8H10N2O3/c1-12-5-3-6(8(9)11)10-7(4-5)13-2/h3-4H,1-2H3,(H2,9,11). The maximum atomic E-state index is 10.8. The van der Waals surface area contributed by atoms with E-state index in [2.05, 4.69) is 4.98 Å². The van der Waals surface area contributed by atoms with Crippen LogP contribution < -0.4 is 15.2 Å². The normalized spacial score (nSPS) is 9.38. The molecule has 1 heterocycles. The van der Waals surface area contributed by atoms with Crippen LogP contribution >= 0.6 is 0 Å². The number of amides is 1. The Bertz CT molecular complexity index is 303. The zero-order chi connectivity index (χ0) is 9.84. The molecule has 1 amide bonds. The maximum Gasteiger partial charge on any atom is 0.267 e. The van der Waals surface area contributed by atoms with Crippen LogP contribution in [0.15, 0.2) is 12.1 Å². The third-order valence-corrected chi connectivity index (χ3v) is 1.47. The average Bonchev–Trinajstić information content (AvgIpc) is 2.16. The topological polar surface area (TPSA) is 74.4 Å². The number of rotatable bonds is 3. The number of pyridine rings is 1. The summed E-state index contributed by atoms with van der Waals surface area (Å²) in [5, 5.41) is 0. The average molecular weight is 182 g/mol. The lowest BCUT2D eigenvalue weighted by Gasteiger charge is -2.04. The molecule has 0 saturated heterocycles. The van der Waals surface area contributed by atoms with Crippen LogP contribution in [-0.4, -0.2) is 25.1 Å². The molecule has 0 aliphatic heterocycles. The van der Waals surface area contributed by atoms with Crippen molar-refractivity contribution in [1.29, 1.82) is 0 Å². The highest BCUT2D eigenvalue weighted by molar-refractivity contribution is 5.91. The number of hydrogen-bond donors (Lipinski definition) is 1. The molecule has 5 heteroatoms. The Balaban J connectivity index is 3.14. The van der Waals surface area contributed by atoms with Crippen LogP contribution in [0.25, 0.3) is 0 Å². The van der Waals surface area contributed by atoms with Crippen molar-refractivity contribution in [3.8, 4) is 11.6 Å². The summed E-state index contributed by atoms with van der Waals surface area (Å²) in [6.45, 7) is 0. The molecule has 0 aromatic carbocycles. The summed E-state index contributed by atoms with van der Waals surface area (Å²) < 4.78 is 9.77. The predicted octanol–water partition coefficient (Wildman–Crippen LogP) is 0.198. The zero-order valence-electron chi connectivity index (χ0n) is 7.40. The molecule has 1 rings (SSSR count). The molecule has 0 unspecified atom stereocenters. The lowest BCUT2D eigenvalue weighted by atomic mass is 10.3. The Kier molecular flexibility index (Phi) is 2.69. The van der Waals surface area contributed by atoms with E-state index in [1.807, 2.05) is 0 Å². The van der Waals surface area contributed by atoms with Gasteiger partial charge in [-0.25, -0.2) is 4.98 Å². The van der Waals surface area contributed by atoms with Gasteiger partial charge in [0.1, 0.15) is 11.4 Å². The van der Waals surface area contributed by atoms with Gasteiger partial charge in [-0.05, 0) is 0 Å². The number of carbonyl (C=O) groups excluding carboxylic acids is 1. The molecule has 5 nitrogen and oxygen atoms in total. The summed E-state index contributed by atoms with van der Waals surface area (Å²) in [5.74, 6) is 0.172. The number of ether oxygens (including phenoxy) is 2. The monoisotopic (exact) mass is 182 g/mol. The lowest BCUT2D eigenvalue weighted by molar-refractivity contribution is 0.0994. The van der Waals surface area contributed by atoms with Gasteiger partial charge in [-0.3, -0.25) is 4.79 Å². The van der Waals surface area contributed by atoms with Gasteiger partial charge in [0.2, 0.25) is 5.88 Å². The fraction of sp³-hybridized carbons (Fsp3) is 0.250. The summed E-state index contributed by atoms with van der Waals surface area (Å²) in [6.07, 6.45) is 0. The highest BCUT2D eigenvalue weighted by atomic mass is 16.5. The summed E-state index contributed by atoms with van der Waals surface area (Å²) >= 11 is 0. The van der Waals surface area contributed by atoms with E-state index in [1.165, 1.54) is 20.3 Å². The summed E-state index contributed by atoms with van der Waals surface area (Å²) in [7, 11) is 2.94. The van der Waals surface area contributed by atoms with Crippen LogP contribution in [0.5, 0.6) is 11.6 Å². The molecule has 70 valence electrons. The molecule has 0 radical (unpaired) electrons. The Morgan fingerprint density at radius 1 is 1.38 bits per heavy atom. The van der Waals surface area contributed by atoms with Gasteiger partial charge in [-0.15, -0.1) is 0 Å². The van der Waals surface area contributed by atoms with E-state index in [-0.39, 0.29) is 5.69 Å². The van der Waals surface area contributed by atoms with Crippen molar-refractivity contribution in [1.82, 2.24) is 4.98 Å².